The summed E-state index contributed by atoms with van der Waals surface area (Å²) in [7, 11) is 0. The number of carboxylic acid groups (broad SMARTS) is 1. The third-order valence-corrected chi connectivity index (χ3v) is 11.8. The molecule has 0 radical (unpaired) electrons. The van der Waals surface area contributed by atoms with E-state index >= 15 is 0 Å². The van der Waals surface area contributed by atoms with E-state index in [0.29, 0.717) is 45.1 Å². The number of carbonyl (C=O) groups is 9. The molecule has 0 unspecified atom stereocenters. The van der Waals surface area contributed by atoms with E-state index in [1.54, 1.807) is 13.8 Å². The first-order chi connectivity index (χ1) is 28.6. The summed E-state index contributed by atoms with van der Waals surface area (Å²) in [5.74, 6) is -7.53. The van der Waals surface area contributed by atoms with Gasteiger partial charge in [-0.3, -0.25) is 38.4 Å². The molecule has 21 nitrogen and oxygen atoms in total. The van der Waals surface area contributed by atoms with Crippen LogP contribution in [0, 0.1) is 11.8 Å². The van der Waals surface area contributed by atoms with Gasteiger partial charge in [-0.15, -0.1) is 0 Å². The third-order valence-electron chi connectivity index (χ3n) is 11.8. The predicted molar refractivity (Wildman–Crippen MR) is 218 cm³/mol. The highest BCUT2D eigenvalue weighted by Gasteiger charge is 2.45. The lowest BCUT2D eigenvalue weighted by atomic mass is 9.98. The normalized spacial score (nSPS) is 22.9. The minimum Gasteiger partial charge on any atom is -0.480 e. The van der Waals surface area contributed by atoms with Gasteiger partial charge in [0.05, 0.1) is 18.2 Å². The second-order valence-corrected chi connectivity index (χ2v) is 17.0. The Morgan fingerprint density at radius 1 is 0.656 bits per heavy atom. The predicted octanol–water partition coefficient (Wildman–Crippen LogP) is -2.57. The van der Waals surface area contributed by atoms with Gasteiger partial charge in [0.25, 0.3) is 0 Å². The highest BCUT2D eigenvalue weighted by atomic mass is 16.4. The van der Waals surface area contributed by atoms with Crippen LogP contribution in [0.4, 0.5) is 0 Å². The lowest BCUT2D eigenvalue weighted by Crippen LogP contribution is -2.62. The molecule has 21 heteroatoms. The van der Waals surface area contributed by atoms with Gasteiger partial charge in [0, 0.05) is 26.1 Å². The molecule has 3 saturated heterocycles. The molecule has 61 heavy (non-hydrogen) atoms. The summed E-state index contributed by atoms with van der Waals surface area (Å²) < 4.78 is 0. The van der Waals surface area contributed by atoms with Crippen LogP contribution in [0.5, 0.6) is 0 Å². The van der Waals surface area contributed by atoms with Crippen LogP contribution in [-0.2, 0) is 43.2 Å². The maximum absolute atomic E-state index is 13.9. The summed E-state index contributed by atoms with van der Waals surface area (Å²) in [6, 6.07) is -9.85. The summed E-state index contributed by atoms with van der Waals surface area (Å²) in [5, 5.41) is 40.6. The van der Waals surface area contributed by atoms with Gasteiger partial charge in [0.1, 0.15) is 42.3 Å². The number of nitrogens with two attached hydrogens (primary N) is 2. The van der Waals surface area contributed by atoms with Crippen molar-refractivity contribution >= 4 is 53.2 Å². The molecule has 11 N–H and O–H groups in total. The minimum absolute atomic E-state index is 0.0668. The third kappa shape index (κ3) is 13.3. The Morgan fingerprint density at radius 2 is 1.16 bits per heavy atom. The highest BCUT2D eigenvalue weighted by molar-refractivity contribution is 5.98. The minimum atomic E-state index is -1.71. The van der Waals surface area contributed by atoms with Crippen LogP contribution in [0.15, 0.2) is 0 Å². The van der Waals surface area contributed by atoms with Gasteiger partial charge in [-0.2, -0.15) is 0 Å². The van der Waals surface area contributed by atoms with E-state index in [-0.39, 0.29) is 49.6 Å². The molecule has 3 aliphatic rings. The van der Waals surface area contributed by atoms with E-state index < -0.39 is 115 Å². The van der Waals surface area contributed by atoms with Crippen molar-refractivity contribution in [1.82, 2.24) is 36.0 Å². The Balaban J connectivity index is 1.76. The number of aliphatic carboxylic acids is 1. The van der Waals surface area contributed by atoms with Crippen LogP contribution in [0.3, 0.4) is 0 Å². The number of carboxylic acids is 1. The number of amides is 8. The summed E-state index contributed by atoms with van der Waals surface area (Å²) in [4.78, 5) is 123. The fraction of sp³-hybridized carbons (Fsp3) is 0.775. The fourth-order valence-corrected chi connectivity index (χ4v) is 8.03. The van der Waals surface area contributed by atoms with Crippen LogP contribution in [0.2, 0.25) is 0 Å². The monoisotopic (exact) mass is 865 g/mol. The lowest BCUT2D eigenvalue weighted by Gasteiger charge is -2.33. The van der Waals surface area contributed by atoms with Crippen molar-refractivity contribution in [1.29, 1.82) is 0 Å². The second kappa shape index (κ2) is 22.8. The van der Waals surface area contributed by atoms with Crippen LogP contribution in [0.25, 0.3) is 0 Å². The number of rotatable bonds is 21. The molecule has 0 aromatic rings. The first-order valence-corrected chi connectivity index (χ1v) is 21.4. The zero-order valence-corrected chi connectivity index (χ0v) is 36.1. The van der Waals surface area contributed by atoms with Gasteiger partial charge in [0.15, 0.2) is 0 Å². The molecular formula is C40H67N9O12. The second-order valence-electron chi connectivity index (χ2n) is 17.0. The molecule has 3 fully saturated rings. The van der Waals surface area contributed by atoms with E-state index in [1.165, 1.54) is 23.6 Å². The summed E-state index contributed by atoms with van der Waals surface area (Å²) in [6.45, 7) is 10.5. The summed E-state index contributed by atoms with van der Waals surface area (Å²) in [5.41, 5.74) is 11.6. The molecule has 11 atom stereocenters. The van der Waals surface area contributed by atoms with Gasteiger partial charge in [-0.25, -0.2) is 4.79 Å². The van der Waals surface area contributed by atoms with Crippen molar-refractivity contribution < 1.29 is 58.5 Å². The van der Waals surface area contributed by atoms with Crippen molar-refractivity contribution in [2.45, 2.75) is 166 Å². The molecule has 3 aliphatic heterocycles. The highest BCUT2D eigenvalue weighted by Crippen LogP contribution is 2.27. The Morgan fingerprint density at radius 3 is 1.69 bits per heavy atom. The number of aliphatic hydroxyl groups excluding tert-OH is 2. The lowest BCUT2D eigenvalue weighted by molar-refractivity contribution is -0.150. The van der Waals surface area contributed by atoms with E-state index in [2.05, 4.69) is 21.3 Å². The van der Waals surface area contributed by atoms with Crippen LogP contribution >= 0.6 is 0 Å². The quantitative estimate of drug-likeness (QED) is 0.0574. The molecule has 0 aromatic heterocycles. The van der Waals surface area contributed by atoms with E-state index in [0.717, 1.165) is 4.90 Å². The van der Waals surface area contributed by atoms with Gasteiger partial charge in [0.2, 0.25) is 47.3 Å². The van der Waals surface area contributed by atoms with Crippen LogP contribution < -0.4 is 32.7 Å². The van der Waals surface area contributed by atoms with Crippen molar-refractivity contribution in [2.75, 3.05) is 19.6 Å². The van der Waals surface area contributed by atoms with Crippen molar-refractivity contribution in [3.63, 3.8) is 0 Å². The largest absolute Gasteiger partial charge is 0.480 e. The van der Waals surface area contributed by atoms with Crippen molar-refractivity contribution in [2.24, 2.45) is 23.3 Å². The number of primary amides is 1. The molecule has 3 heterocycles. The number of likely N-dealkylation sites (tertiary alicyclic amines) is 3. The average Bonchev–Trinajstić information content (AvgIpc) is 4.00. The smallest absolute Gasteiger partial charge is 0.326 e. The van der Waals surface area contributed by atoms with Crippen molar-refractivity contribution in [3.8, 4) is 0 Å². The van der Waals surface area contributed by atoms with Gasteiger partial charge >= 0.3 is 5.97 Å². The Labute approximate surface area is 356 Å². The summed E-state index contributed by atoms with van der Waals surface area (Å²) >= 11 is 0. The Kier molecular flexibility index (Phi) is 18.9. The van der Waals surface area contributed by atoms with Crippen LogP contribution in [0.1, 0.15) is 106 Å². The number of carbonyl (C=O) groups excluding carboxylic acids is 8. The number of nitrogens with one attached hydrogen (secondary N) is 4. The summed E-state index contributed by atoms with van der Waals surface area (Å²) in [6.07, 6.45) is -0.758. The maximum atomic E-state index is 13.9. The van der Waals surface area contributed by atoms with E-state index in [4.69, 9.17) is 11.5 Å². The first-order valence-electron chi connectivity index (χ1n) is 21.4. The molecule has 0 aliphatic carbocycles. The molecule has 3 rings (SSSR count). The standard InChI is InChI=1S/C40H67N9O12/c1-7-21(4)30(42)38(58)48-17-9-12-27(48)37(57)47-16-8-11-26(47)35(55)44-25(19-20(2)3)34(54)45-31(22(5)50)36(56)43-24(14-15-29(41)52)33(53)46-32(23(6)51)39(59)49-18-10-13-28(49)40(60)61/h20-28,30-32,50-51H,7-19,42H2,1-6H3,(H2,41,52)(H,43,56)(H,44,55)(H,45,54)(H,46,53)(H,60,61)/t21-,22+,23+,24-,25-,26-,27-,28-,30-,31-,32-/m0/s1. The van der Waals surface area contributed by atoms with Gasteiger partial charge < -0.3 is 62.8 Å². The van der Waals surface area contributed by atoms with Gasteiger partial charge in [-0.05, 0) is 77.0 Å². The number of nitrogens with zero attached hydrogens (tertiary/aromatic N) is 3. The first kappa shape index (κ1) is 50.5. The molecule has 0 bridgehead atoms. The molecule has 8 amide bonds. The molecule has 0 spiro atoms. The van der Waals surface area contributed by atoms with E-state index in [9.17, 15) is 58.5 Å². The topological polar surface area (TPSA) is 324 Å². The Hall–Kier alpha value is -4.89. The maximum Gasteiger partial charge on any atom is 0.326 e. The molecule has 0 aromatic carbocycles. The van der Waals surface area contributed by atoms with Gasteiger partial charge in [-0.1, -0.05) is 34.1 Å². The zero-order valence-electron chi connectivity index (χ0n) is 36.1. The average molecular weight is 866 g/mol. The number of aliphatic hydroxyl groups is 2. The molecule has 0 saturated carbocycles. The van der Waals surface area contributed by atoms with E-state index in [1.807, 2.05) is 13.8 Å². The number of hydrogen-bond acceptors (Lipinski definition) is 12. The van der Waals surface area contributed by atoms with Crippen molar-refractivity contribution in [3.05, 3.63) is 0 Å². The van der Waals surface area contributed by atoms with Crippen LogP contribution in [-0.4, -0.2) is 163 Å². The molecule has 344 valence electrons. The zero-order chi connectivity index (χ0) is 45.9. The number of hydrogen-bond donors (Lipinski definition) is 9. The fourth-order valence-electron chi connectivity index (χ4n) is 8.03. The molecular weight excluding hydrogens is 798 g/mol. The Bertz CT molecular complexity index is 1630. The SMILES string of the molecule is CC[C@H](C)[C@H](N)C(=O)N1CCC[C@H]1C(=O)N1CCC[C@H]1C(=O)N[C@@H](CC(C)C)C(=O)N[C@H](C(=O)N[C@@H](CCC(N)=O)C(=O)N[C@H](C(=O)N1CCC[C@H]1C(=O)O)[C@@H](C)O)[C@@H](C)O.